The number of aliphatic carboxylic acids is 1. The van der Waals surface area contributed by atoms with E-state index in [0.717, 1.165) is 5.56 Å². The lowest BCUT2D eigenvalue weighted by molar-refractivity contribution is -0.142. The number of amides is 1. The predicted molar refractivity (Wildman–Crippen MR) is 76.4 cm³/mol. The zero-order chi connectivity index (χ0) is 15.0. The number of benzene rings is 1. The Labute approximate surface area is 117 Å². The highest BCUT2D eigenvalue weighted by atomic mass is 16.5. The van der Waals surface area contributed by atoms with Gasteiger partial charge in [0.25, 0.3) is 0 Å². The largest absolute Gasteiger partial charge is 0.497 e. The van der Waals surface area contributed by atoms with Crippen LogP contribution in [0.5, 0.6) is 5.75 Å². The number of carboxylic acids is 1. The molecule has 5 nitrogen and oxygen atoms in total. The quantitative estimate of drug-likeness (QED) is 0.608. The molecule has 0 bridgehead atoms. The summed E-state index contributed by atoms with van der Waals surface area (Å²) in [4.78, 5) is 23.8. The first-order valence-electron chi connectivity index (χ1n) is 6.00. The maximum atomic E-state index is 11.9. The van der Waals surface area contributed by atoms with Crippen molar-refractivity contribution in [2.45, 2.75) is 0 Å². The van der Waals surface area contributed by atoms with Crippen LogP contribution in [-0.2, 0) is 9.59 Å². The van der Waals surface area contributed by atoms with Gasteiger partial charge in [-0.15, -0.1) is 6.58 Å². The van der Waals surface area contributed by atoms with Crippen LogP contribution in [0.4, 0.5) is 0 Å². The van der Waals surface area contributed by atoms with Gasteiger partial charge >= 0.3 is 5.97 Å². The highest BCUT2D eigenvalue weighted by molar-refractivity contribution is 5.93. The Balaban J connectivity index is 2.77. The van der Waals surface area contributed by atoms with Crippen molar-refractivity contribution in [3.05, 3.63) is 48.6 Å². The number of hydrogen-bond donors (Lipinski definition) is 1. The van der Waals surface area contributed by atoms with Crippen LogP contribution in [0, 0.1) is 0 Å². The van der Waals surface area contributed by atoms with Crippen molar-refractivity contribution in [1.82, 2.24) is 4.90 Å². The van der Waals surface area contributed by atoms with E-state index in [1.165, 1.54) is 17.1 Å². The van der Waals surface area contributed by atoms with Crippen molar-refractivity contribution >= 4 is 18.0 Å². The normalized spacial score (nSPS) is 10.2. The van der Waals surface area contributed by atoms with Crippen LogP contribution < -0.4 is 4.74 Å². The molecule has 1 aromatic carbocycles. The summed E-state index contributed by atoms with van der Waals surface area (Å²) in [6.07, 6.45) is 4.43. The predicted octanol–water partition coefficient (Wildman–Crippen LogP) is 1.81. The van der Waals surface area contributed by atoms with Crippen LogP contribution in [0.25, 0.3) is 6.08 Å². The molecule has 0 heterocycles. The molecular weight excluding hydrogens is 258 g/mol. The highest BCUT2D eigenvalue weighted by Gasteiger charge is 2.12. The molecule has 0 aliphatic carbocycles. The van der Waals surface area contributed by atoms with Crippen molar-refractivity contribution in [2.24, 2.45) is 0 Å². The van der Waals surface area contributed by atoms with Gasteiger partial charge in [0.2, 0.25) is 5.91 Å². The number of carbonyl (C=O) groups excluding carboxylic acids is 1. The molecule has 1 rings (SSSR count). The Kier molecular flexibility index (Phi) is 6.03. The summed E-state index contributed by atoms with van der Waals surface area (Å²) in [7, 11) is 1.56. The molecule has 0 aromatic heterocycles. The van der Waals surface area contributed by atoms with Crippen LogP contribution in [0.15, 0.2) is 43.0 Å². The van der Waals surface area contributed by atoms with Gasteiger partial charge in [-0.05, 0) is 23.8 Å². The monoisotopic (exact) mass is 275 g/mol. The second-order valence-corrected chi connectivity index (χ2v) is 4.01. The summed E-state index contributed by atoms with van der Waals surface area (Å²) in [6, 6.07) is 7.20. The second kappa shape index (κ2) is 7.78. The molecule has 106 valence electrons. The van der Waals surface area contributed by atoms with E-state index in [0.29, 0.717) is 5.75 Å². The molecule has 20 heavy (non-hydrogen) atoms. The van der Waals surface area contributed by atoms with E-state index in [9.17, 15) is 9.59 Å². The van der Waals surface area contributed by atoms with Crippen molar-refractivity contribution in [2.75, 3.05) is 20.2 Å². The van der Waals surface area contributed by atoms with Crippen LogP contribution in [0.2, 0.25) is 0 Å². The van der Waals surface area contributed by atoms with E-state index in [4.69, 9.17) is 9.84 Å². The third-order valence-corrected chi connectivity index (χ3v) is 2.50. The fraction of sp³-hybridized carbons (Fsp3) is 0.200. The number of hydrogen-bond acceptors (Lipinski definition) is 3. The third-order valence-electron chi connectivity index (χ3n) is 2.50. The second-order valence-electron chi connectivity index (χ2n) is 4.01. The Morgan fingerprint density at radius 3 is 2.80 bits per heavy atom. The first-order chi connectivity index (χ1) is 9.56. The lowest BCUT2D eigenvalue weighted by Crippen LogP contribution is -2.34. The summed E-state index contributed by atoms with van der Waals surface area (Å²) in [6.45, 7) is 3.34. The smallest absolute Gasteiger partial charge is 0.323 e. The molecule has 0 radical (unpaired) electrons. The highest BCUT2D eigenvalue weighted by Crippen LogP contribution is 2.13. The third kappa shape index (κ3) is 4.97. The first-order valence-corrected chi connectivity index (χ1v) is 6.00. The van der Waals surface area contributed by atoms with Gasteiger partial charge in [-0.2, -0.15) is 0 Å². The van der Waals surface area contributed by atoms with E-state index in [1.807, 2.05) is 12.1 Å². The molecular formula is C15H17NO4. The zero-order valence-electron chi connectivity index (χ0n) is 11.3. The maximum Gasteiger partial charge on any atom is 0.323 e. The van der Waals surface area contributed by atoms with Gasteiger partial charge in [-0.1, -0.05) is 18.2 Å². The number of nitrogens with zero attached hydrogens (tertiary/aromatic N) is 1. The molecule has 0 fully saturated rings. The maximum absolute atomic E-state index is 11.9. The van der Waals surface area contributed by atoms with Gasteiger partial charge < -0.3 is 14.7 Å². The van der Waals surface area contributed by atoms with Crippen LogP contribution in [0.1, 0.15) is 5.56 Å². The topological polar surface area (TPSA) is 66.8 Å². The van der Waals surface area contributed by atoms with Crippen LogP contribution in [0.3, 0.4) is 0 Å². The van der Waals surface area contributed by atoms with E-state index in [1.54, 1.807) is 25.3 Å². The Morgan fingerprint density at radius 2 is 2.20 bits per heavy atom. The molecule has 5 heteroatoms. The first kappa shape index (κ1) is 15.5. The average molecular weight is 275 g/mol. The molecule has 1 amide bonds. The minimum Gasteiger partial charge on any atom is -0.497 e. The number of ether oxygens (including phenoxy) is 1. The minimum atomic E-state index is -1.06. The molecule has 1 N–H and O–H groups in total. The molecule has 0 atom stereocenters. The molecule has 0 aliphatic rings. The average Bonchev–Trinajstić information content (AvgIpc) is 2.44. The van der Waals surface area contributed by atoms with Crippen LogP contribution in [-0.4, -0.2) is 42.1 Å². The molecule has 0 unspecified atom stereocenters. The Morgan fingerprint density at radius 1 is 1.45 bits per heavy atom. The van der Waals surface area contributed by atoms with Crippen LogP contribution >= 0.6 is 0 Å². The fourth-order valence-electron chi connectivity index (χ4n) is 1.57. The van der Waals surface area contributed by atoms with Crippen molar-refractivity contribution in [3.8, 4) is 5.75 Å². The summed E-state index contributed by atoms with van der Waals surface area (Å²) < 4.78 is 5.08. The van der Waals surface area contributed by atoms with E-state index in [-0.39, 0.29) is 19.0 Å². The summed E-state index contributed by atoms with van der Waals surface area (Å²) in [5, 5.41) is 8.74. The van der Waals surface area contributed by atoms with Crippen molar-refractivity contribution < 1.29 is 19.4 Å². The SMILES string of the molecule is C=CCN(CC(=O)O)C(=O)C=Cc1cccc(OC)c1. The number of rotatable bonds is 7. The summed E-state index contributed by atoms with van der Waals surface area (Å²) >= 11 is 0. The van der Waals surface area contributed by atoms with Crippen molar-refractivity contribution in [1.29, 1.82) is 0 Å². The lowest BCUT2D eigenvalue weighted by atomic mass is 10.2. The standard InChI is InChI=1S/C15H17NO4/c1-3-9-16(11-15(18)19)14(17)8-7-12-5-4-6-13(10-12)20-2/h3-8,10H,1,9,11H2,2H3,(H,18,19). The van der Waals surface area contributed by atoms with E-state index in [2.05, 4.69) is 6.58 Å². The Hall–Kier alpha value is -2.56. The van der Waals surface area contributed by atoms with Gasteiger partial charge in [0.05, 0.1) is 7.11 Å². The van der Waals surface area contributed by atoms with Gasteiger partial charge in [-0.3, -0.25) is 9.59 Å². The van der Waals surface area contributed by atoms with Gasteiger partial charge in [0.1, 0.15) is 12.3 Å². The zero-order valence-corrected chi connectivity index (χ0v) is 11.3. The van der Waals surface area contributed by atoms with E-state index < -0.39 is 5.97 Å². The number of methoxy groups -OCH3 is 1. The molecule has 0 saturated heterocycles. The summed E-state index contributed by atoms with van der Waals surface area (Å²) in [5.74, 6) is -0.752. The fourth-order valence-corrected chi connectivity index (χ4v) is 1.57. The number of carboxylic acid groups (broad SMARTS) is 1. The van der Waals surface area contributed by atoms with E-state index >= 15 is 0 Å². The molecule has 0 spiro atoms. The van der Waals surface area contributed by atoms with Gasteiger partial charge in [-0.25, -0.2) is 0 Å². The Bertz CT molecular complexity index is 522. The molecule has 0 saturated carbocycles. The molecule has 1 aromatic rings. The molecule has 0 aliphatic heterocycles. The van der Waals surface area contributed by atoms with Crippen molar-refractivity contribution in [3.63, 3.8) is 0 Å². The minimum absolute atomic E-state index is 0.188. The summed E-state index contributed by atoms with van der Waals surface area (Å²) in [5.41, 5.74) is 0.798. The van der Waals surface area contributed by atoms with Gasteiger partial charge in [0, 0.05) is 12.6 Å². The number of carbonyl (C=O) groups is 2. The van der Waals surface area contributed by atoms with Gasteiger partial charge in [0.15, 0.2) is 0 Å². The lowest BCUT2D eigenvalue weighted by Gasteiger charge is -2.16.